The fourth-order valence-corrected chi connectivity index (χ4v) is 4.83. The van der Waals surface area contributed by atoms with E-state index >= 15 is 0 Å². The van der Waals surface area contributed by atoms with Crippen molar-refractivity contribution in [3.63, 3.8) is 0 Å². The third-order valence-corrected chi connectivity index (χ3v) is 6.57. The maximum atomic E-state index is 13.4. The molecule has 2 aromatic heterocycles. The van der Waals surface area contributed by atoms with Gasteiger partial charge in [0.15, 0.2) is 0 Å². The summed E-state index contributed by atoms with van der Waals surface area (Å²) in [7, 11) is 0. The maximum absolute atomic E-state index is 13.4. The summed E-state index contributed by atoms with van der Waals surface area (Å²) in [4.78, 5) is 32.6. The van der Waals surface area contributed by atoms with Crippen molar-refractivity contribution in [1.82, 2.24) is 14.3 Å². The Morgan fingerprint density at radius 3 is 2.66 bits per heavy atom. The zero-order valence-electron chi connectivity index (χ0n) is 17.6. The standard InChI is InChI=1S/C23H22N4O3S2/c1-3-26-22(30)18(32-23(26)31)12-16-19(24-13-17(28)15-9-5-4-6-10-15)25-20-14(2)8-7-11-27(20)21(16)29/h4-12,17,24,28H,3,13H2,1-2H3/b18-12-/t17-/m1/s1. The van der Waals surface area contributed by atoms with Crippen molar-refractivity contribution in [2.75, 3.05) is 18.4 Å². The Labute approximate surface area is 194 Å². The highest BCUT2D eigenvalue weighted by atomic mass is 32.2. The van der Waals surface area contributed by atoms with Crippen molar-refractivity contribution >= 4 is 51.7 Å². The average molecular weight is 467 g/mol. The number of benzene rings is 1. The molecule has 1 amide bonds. The van der Waals surface area contributed by atoms with E-state index in [0.717, 1.165) is 22.9 Å². The second-order valence-electron chi connectivity index (χ2n) is 7.30. The zero-order valence-corrected chi connectivity index (χ0v) is 19.2. The van der Waals surface area contributed by atoms with Gasteiger partial charge in [0.25, 0.3) is 11.5 Å². The largest absolute Gasteiger partial charge is 0.387 e. The number of amides is 1. The summed E-state index contributed by atoms with van der Waals surface area (Å²) in [6.07, 6.45) is 2.39. The first-order valence-corrected chi connectivity index (χ1v) is 11.4. The number of rotatable bonds is 6. The third-order valence-electron chi connectivity index (χ3n) is 5.20. The molecule has 1 atom stereocenters. The number of nitrogens with zero attached hydrogens (tertiary/aromatic N) is 3. The summed E-state index contributed by atoms with van der Waals surface area (Å²) in [6, 6.07) is 12.9. The molecule has 1 saturated heterocycles. The van der Waals surface area contributed by atoms with E-state index in [-0.39, 0.29) is 23.6 Å². The van der Waals surface area contributed by atoms with Gasteiger partial charge in [-0.3, -0.25) is 18.9 Å². The van der Waals surface area contributed by atoms with Crippen LogP contribution in [0.1, 0.15) is 29.7 Å². The molecule has 1 aromatic carbocycles. The van der Waals surface area contributed by atoms with Crippen molar-refractivity contribution in [2.45, 2.75) is 20.0 Å². The number of hydrogen-bond acceptors (Lipinski definition) is 7. The summed E-state index contributed by atoms with van der Waals surface area (Å²) < 4.78 is 1.92. The summed E-state index contributed by atoms with van der Waals surface area (Å²) >= 11 is 6.45. The van der Waals surface area contributed by atoms with Gasteiger partial charge in [-0.1, -0.05) is 60.4 Å². The number of aliphatic hydroxyl groups excluding tert-OH is 1. The van der Waals surface area contributed by atoms with Gasteiger partial charge in [-0.15, -0.1) is 0 Å². The highest BCUT2D eigenvalue weighted by molar-refractivity contribution is 8.26. The molecule has 4 rings (SSSR count). The predicted molar refractivity (Wildman–Crippen MR) is 132 cm³/mol. The molecule has 1 fully saturated rings. The van der Waals surface area contributed by atoms with E-state index in [4.69, 9.17) is 12.2 Å². The minimum atomic E-state index is -0.792. The van der Waals surface area contributed by atoms with Gasteiger partial charge in [0, 0.05) is 19.3 Å². The van der Waals surface area contributed by atoms with Crippen LogP contribution in [0.2, 0.25) is 0 Å². The first kappa shape index (κ1) is 22.2. The molecule has 164 valence electrons. The van der Waals surface area contributed by atoms with Crippen LogP contribution in [0.15, 0.2) is 58.4 Å². The first-order chi connectivity index (χ1) is 15.4. The highest BCUT2D eigenvalue weighted by Crippen LogP contribution is 2.32. The van der Waals surface area contributed by atoms with Crippen molar-refractivity contribution in [2.24, 2.45) is 0 Å². The summed E-state index contributed by atoms with van der Waals surface area (Å²) in [5.41, 5.74) is 2.02. The number of hydrogen-bond donors (Lipinski definition) is 2. The fourth-order valence-electron chi connectivity index (χ4n) is 3.47. The van der Waals surface area contributed by atoms with Crippen LogP contribution in [0, 0.1) is 6.92 Å². The minimum absolute atomic E-state index is 0.148. The molecule has 0 unspecified atom stereocenters. The SMILES string of the molecule is CCN1C(=O)/C(=C/c2c(NC[C@@H](O)c3ccccc3)nc3c(C)cccn3c2=O)SC1=S. The molecule has 1 aliphatic heterocycles. The van der Waals surface area contributed by atoms with E-state index in [1.807, 2.05) is 50.2 Å². The van der Waals surface area contributed by atoms with Crippen LogP contribution in [0.5, 0.6) is 0 Å². The maximum Gasteiger partial charge on any atom is 0.267 e. The molecule has 32 heavy (non-hydrogen) atoms. The Kier molecular flexibility index (Phi) is 6.40. The Morgan fingerprint density at radius 2 is 1.97 bits per heavy atom. The van der Waals surface area contributed by atoms with Crippen LogP contribution in [0.25, 0.3) is 11.7 Å². The molecule has 0 radical (unpaired) electrons. The second-order valence-corrected chi connectivity index (χ2v) is 8.97. The molecule has 9 heteroatoms. The monoisotopic (exact) mass is 466 g/mol. The molecule has 1 aliphatic rings. The Hall–Kier alpha value is -3.01. The topological polar surface area (TPSA) is 86.9 Å². The number of pyridine rings is 1. The lowest BCUT2D eigenvalue weighted by atomic mass is 10.1. The quantitative estimate of drug-likeness (QED) is 0.425. The highest BCUT2D eigenvalue weighted by Gasteiger charge is 2.31. The van der Waals surface area contributed by atoms with E-state index in [9.17, 15) is 14.7 Å². The van der Waals surface area contributed by atoms with Crippen LogP contribution in [-0.2, 0) is 4.79 Å². The number of anilines is 1. The molecule has 0 bridgehead atoms. The summed E-state index contributed by atoms with van der Waals surface area (Å²) in [6.45, 7) is 4.33. The van der Waals surface area contributed by atoms with E-state index < -0.39 is 6.10 Å². The second kappa shape index (κ2) is 9.23. The molecule has 0 spiro atoms. The van der Waals surface area contributed by atoms with Gasteiger partial charge in [-0.25, -0.2) is 4.98 Å². The number of carbonyl (C=O) groups is 1. The molecule has 0 aliphatic carbocycles. The van der Waals surface area contributed by atoms with E-state index in [0.29, 0.717) is 27.2 Å². The fraction of sp³-hybridized carbons (Fsp3) is 0.217. The smallest absolute Gasteiger partial charge is 0.267 e. The van der Waals surface area contributed by atoms with Gasteiger partial charge >= 0.3 is 0 Å². The molecular formula is C23H22N4O3S2. The van der Waals surface area contributed by atoms with Crippen molar-refractivity contribution in [3.05, 3.63) is 80.6 Å². The number of thiocarbonyl (C=S) groups is 1. The van der Waals surface area contributed by atoms with Gasteiger partial charge in [-0.05, 0) is 37.1 Å². The summed E-state index contributed by atoms with van der Waals surface area (Å²) in [5, 5.41) is 13.7. The minimum Gasteiger partial charge on any atom is -0.387 e. The van der Waals surface area contributed by atoms with E-state index in [1.54, 1.807) is 12.3 Å². The number of fused-ring (bicyclic) bond motifs is 1. The number of carbonyl (C=O) groups excluding carboxylic acids is 1. The molecule has 3 heterocycles. The molecule has 2 N–H and O–H groups in total. The third kappa shape index (κ3) is 4.19. The number of thioether (sulfide) groups is 1. The lowest BCUT2D eigenvalue weighted by Gasteiger charge is -2.15. The van der Waals surface area contributed by atoms with Crippen molar-refractivity contribution < 1.29 is 9.90 Å². The number of aryl methyl sites for hydroxylation is 1. The van der Waals surface area contributed by atoms with Gasteiger partial charge in [0.1, 0.15) is 15.8 Å². The van der Waals surface area contributed by atoms with E-state index in [1.165, 1.54) is 15.4 Å². The van der Waals surface area contributed by atoms with Crippen LogP contribution >= 0.6 is 24.0 Å². The summed E-state index contributed by atoms with van der Waals surface area (Å²) in [5.74, 6) is 0.0764. The lowest BCUT2D eigenvalue weighted by Crippen LogP contribution is -2.27. The van der Waals surface area contributed by atoms with Crippen molar-refractivity contribution in [1.29, 1.82) is 0 Å². The van der Waals surface area contributed by atoms with Crippen LogP contribution in [0.4, 0.5) is 5.82 Å². The Morgan fingerprint density at radius 1 is 1.22 bits per heavy atom. The molecule has 0 saturated carbocycles. The van der Waals surface area contributed by atoms with Gasteiger partial charge in [0.05, 0.1) is 16.6 Å². The van der Waals surface area contributed by atoms with Crippen LogP contribution in [-0.4, -0.2) is 42.7 Å². The molecule has 7 nitrogen and oxygen atoms in total. The first-order valence-electron chi connectivity index (χ1n) is 10.1. The molecular weight excluding hydrogens is 444 g/mol. The molecule has 3 aromatic rings. The van der Waals surface area contributed by atoms with Crippen LogP contribution in [0.3, 0.4) is 0 Å². The Bertz CT molecular complexity index is 1290. The lowest BCUT2D eigenvalue weighted by molar-refractivity contribution is -0.121. The number of likely N-dealkylation sites (N-methyl/N-ethyl adjacent to an activating group) is 1. The van der Waals surface area contributed by atoms with Gasteiger partial charge in [-0.2, -0.15) is 0 Å². The number of aliphatic hydroxyl groups is 1. The van der Waals surface area contributed by atoms with Crippen LogP contribution < -0.4 is 10.9 Å². The zero-order chi connectivity index (χ0) is 22.8. The normalized spacial score (nSPS) is 16.2. The predicted octanol–water partition coefficient (Wildman–Crippen LogP) is 3.37. The number of nitrogens with one attached hydrogen (secondary N) is 1. The Balaban J connectivity index is 1.78. The van der Waals surface area contributed by atoms with Gasteiger partial charge in [0.2, 0.25) is 0 Å². The average Bonchev–Trinajstić information content (AvgIpc) is 3.07. The number of aromatic nitrogens is 2. The van der Waals surface area contributed by atoms with Gasteiger partial charge < -0.3 is 10.4 Å². The van der Waals surface area contributed by atoms with E-state index in [2.05, 4.69) is 10.3 Å². The van der Waals surface area contributed by atoms with Crippen molar-refractivity contribution in [3.8, 4) is 0 Å².